The summed E-state index contributed by atoms with van der Waals surface area (Å²) in [5.74, 6) is -0.0746. The quantitative estimate of drug-likeness (QED) is 0.0420. The zero-order valence-electron chi connectivity index (χ0n) is 46.3. The van der Waals surface area contributed by atoms with E-state index in [4.69, 9.17) is 0 Å². The molecule has 0 aromatic heterocycles. The third kappa shape index (κ3) is 56.6. The first-order valence-corrected chi connectivity index (χ1v) is 30.7. The first-order chi connectivity index (χ1) is 34.2. The fourth-order valence-electron chi connectivity index (χ4n) is 9.22. The summed E-state index contributed by atoms with van der Waals surface area (Å²) in [6.07, 6.45) is 86.6. The number of carbonyl (C=O) groups excluding carboxylic acids is 1. The van der Waals surface area contributed by atoms with Crippen LogP contribution in [-0.2, 0) is 4.79 Å². The summed E-state index contributed by atoms with van der Waals surface area (Å²) < 4.78 is 0. The SMILES string of the molecule is CCCCCCC/C=C\C/C=C\C/C=C\CCCCCCCCCCCCCCCCCCCCCCCCC(=O)NC(CO)C(O)/C=C/CC/C=C/CC/C=C/CCCCCCCCCCCC. The van der Waals surface area contributed by atoms with Crippen molar-refractivity contribution in [1.82, 2.24) is 5.32 Å². The lowest BCUT2D eigenvalue weighted by atomic mass is 10.0. The number of aliphatic hydroxyl groups is 2. The Balaban J connectivity index is 3.48. The van der Waals surface area contributed by atoms with Gasteiger partial charge >= 0.3 is 0 Å². The second kappa shape index (κ2) is 60.1. The number of unbranched alkanes of at least 4 members (excludes halogenated alkanes) is 39. The summed E-state index contributed by atoms with van der Waals surface area (Å²) in [4.78, 5) is 12.5. The van der Waals surface area contributed by atoms with Crippen molar-refractivity contribution in [1.29, 1.82) is 0 Å². The van der Waals surface area contributed by atoms with E-state index < -0.39 is 12.1 Å². The molecule has 402 valence electrons. The Morgan fingerprint density at radius 1 is 0.348 bits per heavy atom. The fraction of sp³-hybridized carbons (Fsp3) is 0.800. The van der Waals surface area contributed by atoms with Gasteiger partial charge < -0.3 is 15.5 Å². The van der Waals surface area contributed by atoms with Gasteiger partial charge in [0.15, 0.2) is 0 Å². The minimum absolute atomic E-state index is 0.0746. The second-order valence-electron chi connectivity index (χ2n) is 20.7. The van der Waals surface area contributed by atoms with Crippen LogP contribution < -0.4 is 5.32 Å². The molecule has 0 aliphatic carbocycles. The van der Waals surface area contributed by atoms with Gasteiger partial charge in [-0.1, -0.05) is 299 Å². The van der Waals surface area contributed by atoms with Crippen molar-refractivity contribution in [2.45, 2.75) is 328 Å². The van der Waals surface area contributed by atoms with E-state index in [1.54, 1.807) is 6.08 Å². The van der Waals surface area contributed by atoms with E-state index >= 15 is 0 Å². The summed E-state index contributed by atoms with van der Waals surface area (Å²) in [7, 11) is 0. The maximum Gasteiger partial charge on any atom is 0.220 e. The number of aliphatic hydroxyl groups excluding tert-OH is 2. The van der Waals surface area contributed by atoms with Crippen molar-refractivity contribution in [3.8, 4) is 0 Å². The first-order valence-electron chi connectivity index (χ1n) is 30.7. The predicted molar refractivity (Wildman–Crippen MR) is 308 cm³/mol. The zero-order chi connectivity index (χ0) is 49.9. The van der Waals surface area contributed by atoms with E-state index in [0.29, 0.717) is 6.42 Å². The molecule has 4 heteroatoms. The summed E-state index contributed by atoms with van der Waals surface area (Å²) in [5.41, 5.74) is 0. The lowest BCUT2D eigenvalue weighted by Crippen LogP contribution is -2.45. The highest BCUT2D eigenvalue weighted by Crippen LogP contribution is 2.17. The van der Waals surface area contributed by atoms with Gasteiger partial charge in [-0.2, -0.15) is 0 Å². The number of nitrogens with one attached hydrogen (secondary N) is 1. The van der Waals surface area contributed by atoms with Crippen LogP contribution in [0.1, 0.15) is 316 Å². The number of hydrogen-bond donors (Lipinski definition) is 3. The molecule has 0 aromatic rings. The Bertz CT molecular complexity index is 1180. The molecule has 2 unspecified atom stereocenters. The van der Waals surface area contributed by atoms with E-state index in [1.165, 1.54) is 244 Å². The molecule has 0 rings (SSSR count). The normalized spacial score (nSPS) is 13.3. The molecule has 1 amide bonds. The van der Waals surface area contributed by atoms with Crippen LogP contribution in [0.25, 0.3) is 0 Å². The monoisotopic (exact) mass is 962 g/mol. The number of rotatable bonds is 56. The van der Waals surface area contributed by atoms with Crippen LogP contribution in [0.3, 0.4) is 0 Å². The molecular weight excluding hydrogens is 843 g/mol. The van der Waals surface area contributed by atoms with E-state index in [1.807, 2.05) is 6.08 Å². The average Bonchev–Trinajstić information content (AvgIpc) is 3.35. The van der Waals surface area contributed by atoms with Gasteiger partial charge in [0.2, 0.25) is 5.91 Å². The average molecular weight is 963 g/mol. The molecule has 0 fully saturated rings. The van der Waals surface area contributed by atoms with Crippen LogP contribution in [0, 0.1) is 0 Å². The van der Waals surface area contributed by atoms with Gasteiger partial charge in [0.25, 0.3) is 0 Å². The number of hydrogen-bond acceptors (Lipinski definition) is 3. The maximum absolute atomic E-state index is 12.5. The Hall–Kier alpha value is -2.17. The molecule has 0 spiro atoms. The first kappa shape index (κ1) is 66.8. The standard InChI is InChI=1S/C65H119NO3/c1-3-5-7-9-11-13-15-17-19-21-23-25-26-27-28-29-30-31-32-33-34-35-36-37-38-39-40-41-43-45-47-49-51-53-55-57-59-61-65(69)66-63(62-67)64(68)60-58-56-54-52-50-48-46-44-42-24-22-20-18-16-14-12-10-8-6-4-2/h15,17,21,23,26-27,42,44,50,52,58,60,63-64,67-68H,3-14,16,18-20,22,24-25,28-41,43,45-49,51,53-57,59,61-62H2,1-2H3,(H,66,69)/b17-15-,23-21-,27-26-,44-42+,52-50+,60-58+. The maximum atomic E-state index is 12.5. The summed E-state index contributed by atoms with van der Waals surface area (Å²) in [5, 5.41) is 23.2. The Labute approximate surface area is 431 Å². The summed E-state index contributed by atoms with van der Waals surface area (Å²) in [6, 6.07) is -0.647. The van der Waals surface area contributed by atoms with Crippen molar-refractivity contribution >= 4 is 5.91 Å². The molecule has 0 aromatic carbocycles. The summed E-state index contributed by atoms with van der Waals surface area (Å²) in [6.45, 7) is 4.30. The van der Waals surface area contributed by atoms with Gasteiger partial charge in [-0.15, -0.1) is 0 Å². The van der Waals surface area contributed by atoms with Crippen molar-refractivity contribution < 1.29 is 15.0 Å². The Kier molecular flexibility index (Phi) is 58.2. The van der Waals surface area contributed by atoms with Gasteiger partial charge in [0.05, 0.1) is 18.8 Å². The molecule has 0 saturated heterocycles. The van der Waals surface area contributed by atoms with Gasteiger partial charge in [0.1, 0.15) is 0 Å². The van der Waals surface area contributed by atoms with Crippen LogP contribution in [0.15, 0.2) is 72.9 Å². The Morgan fingerprint density at radius 2 is 0.609 bits per heavy atom. The third-order valence-corrected chi connectivity index (χ3v) is 13.9. The van der Waals surface area contributed by atoms with Crippen molar-refractivity contribution in [3.63, 3.8) is 0 Å². The van der Waals surface area contributed by atoms with Crippen LogP contribution in [0.2, 0.25) is 0 Å². The van der Waals surface area contributed by atoms with Crippen molar-refractivity contribution in [2.75, 3.05) is 6.61 Å². The van der Waals surface area contributed by atoms with Crippen LogP contribution in [0.4, 0.5) is 0 Å². The predicted octanol–water partition coefficient (Wildman–Crippen LogP) is 20.5. The zero-order valence-corrected chi connectivity index (χ0v) is 46.3. The van der Waals surface area contributed by atoms with Crippen LogP contribution in [-0.4, -0.2) is 34.9 Å². The van der Waals surface area contributed by atoms with Crippen molar-refractivity contribution in [2.24, 2.45) is 0 Å². The summed E-state index contributed by atoms with van der Waals surface area (Å²) >= 11 is 0. The molecule has 0 aliphatic rings. The van der Waals surface area contributed by atoms with Gasteiger partial charge in [-0.05, 0) is 83.5 Å². The minimum atomic E-state index is -0.872. The molecule has 3 N–H and O–H groups in total. The lowest BCUT2D eigenvalue weighted by molar-refractivity contribution is -0.123. The van der Waals surface area contributed by atoms with Gasteiger partial charge in [0, 0.05) is 6.42 Å². The molecule has 0 bridgehead atoms. The van der Waals surface area contributed by atoms with Crippen molar-refractivity contribution in [3.05, 3.63) is 72.9 Å². The topological polar surface area (TPSA) is 69.6 Å². The fourth-order valence-corrected chi connectivity index (χ4v) is 9.22. The molecular formula is C65H119NO3. The molecule has 0 saturated carbocycles. The van der Waals surface area contributed by atoms with E-state index in [9.17, 15) is 15.0 Å². The number of amides is 1. The van der Waals surface area contributed by atoms with E-state index in [2.05, 4.69) is 79.9 Å². The van der Waals surface area contributed by atoms with Crippen LogP contribution in [0.5, 0.6) is 0 Å². The van der Waals surface area contributed by atoms with Crippen LogP contribution >= 0.6 is 0 Å². The van der Waals surface area contributed by atoms with E-state index in [-0.39, 0.29) is 12.5 Å². The number of allylic oxidation sites excluding steroid dienone is 11. The van der Waals surface area contributed by atoms with E-state index in [0.717, 1.165) is 51.4 Å². The molecule has 2 atom stereocenters. The largest absolute Gasteiger partial charge is 0.394 e. The molecule has 0 radical (unpaired) electrons. The van der Waals surface area contributed by atoms with Gasteiger partial charge in [-0.25, -0.2) is 0 Å². The molecule has 4 nitrogen and oxygen atoms in total. The highest BCUT2D eigenvalue weighted by atomic mass is 16.3. The molecule has 0 heterocycles. The lowest BCUT2D eigenvalue weighted by Gasteiger charge is -2.19. The minimum Gasteiger partial charge on any atom is -0.394 e. The highest BCUT2D eigenvalue weighted by Gasteiger charge is 2.18. The van der Waals surface area contributed by atoms with Gasteiger partial charge in [-0.3, -0.25) is 4.79 Å². The smallest absolute Gasteiger partial charge is 0.220 e. The third-order valence-electron chi connectivity index (χ3n) is 13.9. The number of carbonyl (C=O) groups is 1. The second-order valence-corrected chi connectivity index (χ2v) is 20.7. The molecule has 0 aliphatic heterocycles. The highest BCUT2D eigenvalue weighted by molar-refractivity contribution is 5.76. The Morgan fingerprint density at radius 3 is 0.942 bits per heavy atom. The molecule has 69 heavy (non-hydrogen) atoms.